The van der Waals surface area contributed by atoms with Gasteiger partial charge in [0.15, 0.2) is 17.5 Å². The molecule has 7 nitrogen and oxygen atoms in total. The molecule has 0 radical (unpaired) electrons. The number of para-hydroxylation sites is 6. The largest absolute Gasteiger partial charge is 0.292 e. The molecule has 272 valence electrons. The van der Waals surface area contributed by atoms with Gasteiger partial charge in [0, 0.05) is 39.2 Å². The summed E-state index contributed by atoms with van der Waals surface area (Å²) in [4.78, 5) is 25.4. The Labute approximate surface area is 334 Å². The Morgan fingerprint density at radius 3 is 1.16 bits per heavy atom. The molecule has 0 aliphatic carbocycles. The van der Waals surface area contributed by atoms with Crippen LogP contribution < -0.4 is 0 Å². The molecule has 0 amide bonds. The Hall–Kier alpha value is -8.03. The molecule has 0 N–H and O–H groups in total. The van der Waals surface area contributed by atoms with Crippen LogP contribution in [0.3, 0.4) is 0 Å². The minimum absolute atomic E-state index is 0.589. The number of fused-ring (bicyclic) bond motifs is 3. The minimum atomic E-state index is 0.589. The second-order valence-electron chi connectivity index (χ2n) is 14.2. The third-order valence-corrected chi connectivity index (χ3v) is 10.6. The Bertz CT molecular complexity index is 3080. The molecule has 0 atom stereocenters. The average molecular weight is 744 g/mol. The summed E-state index contributed by atoms with van der Waals surface area (Å²) in [6.45, 7) is 0. The van der Waals surface area contributed by atoms with Crippen molar-refractivity contribution in [2.24, 2.45) is 0 Å². The number of benzene rings is 8. The van der Waals surface area contributed by atoms with Crippen LogP contribution in [0.15, 0.2) is 200 Å². The van der Waals surface area contributed by atoms with Gasteiger partial charge in [0.25, 0.3) is 0 Å². The lowest BCUT2D eigenvalue weighted by molar-refractivity contribution is 1.07. The predicted molar refractivity (Wildman–Crippen MR) is 234 cm³/mol. The summed E-state index contributed by atoms with van der Waals surface area (Å²) in [5, 5.41) is 2.29. The van der Waals surface area contributed by atoms with Crippen molar-refractivity contribution in [3.05, 3.63) is 200 Å². The molecule has 11 aromatic rings. The second kappa shape index (κ2) is 13.9. The summed E-state index contributed by atoms with van der Waals surface area (Å²) >= 11 is 0. The van der Waals surface area contributed by atoms with Crippen LogP contribution in [0.4, 0.5) is 0 Å². The van der Waals surface area contributed by atoms with E-state index in [-0.39, 0.29) is 0 Å². The Morgan fingerprint density at radius 1 is 0.276 bits per heavy atom. The first-order valence-electron chi connectivity index (χ1n) is 19.3. The van der Waals surface area contributed by atoms with Crippen LogP contribution in [0.2, 0.25) is 0 Å². The maximum absolute atomic E-state index is 5.10. The lowest BCUT2D eigenvalue weighted by atomic mass is 10.1. The minimum Gasteiger partial charge on any atom is -0.292 e. The Kier molecular flexibility index (Phi) is 8.00. The highest BCUT2D eigenvalue weighted by Gasteiger charge is 2.18. The molecule has 11 rings (SSSR count). The van der Waals surface area contributed by atoms with E-state index in [1.807, 2.05) is 24.3 Å². The van der Waals surface area contributed by atoms with Gasteiger partial charge in [0.2, 0.25) is 0 Å². The third kappa shape index (κ3) is 5.90. The molecule has 0 aliphatic heterocycles. The van der Waals surface area contributed by atoms with Crippen LogP contribution in [0.5, 0.6) is 0 Å². The topological polar surface area (TPSA) is 74.3 Å². The van der Waals surface area contributed by atoms with Crippen LogP contribution in [0.1, 0.15) is 0 Å². The zero-order valence-corrected chi connectivity index (χ0v) is 31.2. The van der Waals surface area contributed by atoms with Crippen molar-refractivity contribution < 1.29 is 0 Å². The van der Waals surface area contributed by atoms with Crippen molar-refractivity contribution in [3.8, 4) is 68.3 Å². The molecule has 3 heterocycles. The summed E-state index contributed by atoms with van der Waals surface area (Å²) < 4.78 is 4.42. The van der Waals surface area contributed by atoms with Gasteiger partial charge in [-0.1, -0.05) is 146 Å². The summed E-state index contributed by atoms with van der Waals surface area (Å²) in [5.41, 5.74) is 10.8. The number of aromatic nitrogens is 7. The molecule has 3 aromatic heterocycles. The first-order valence-corrected chi connectivity index (χ1v) is 19.3. The Balaban J connectivity index is 1.01. The fourth-order valence-corrected chi connectivity index (χ4v) is 7.74. The van der Waals surface area contributed by atoms with Crippen LogP contribution >= 0.6 is 0 Å². The van der Waals surface area contributed by atoms with Gasteiger partial charge in [-0.15, -0.1) is 0 Å². The van der Waals surface area contributed by atoms with Gasteiger partial charge >= 0.3 is 0 Å². The van der Waals surface area contributed by atoms with Gasteiger partial charge in [0.1, 0.15) is 11.6 Å². The standard InChI is InChI=1S/C51H33N7/c1-3-15-41(16-4-1)57-45-21-11-9-19-43(45)52-50(57)37-28-24-35(25-29-37)47-54-48(56-49(55-47)40-32-23-34-13-7-8-14-39(34)33-40)36-26-30-38(31-27-36)51-53-44-20-10-12-22-46(44)58(51)42-17-5-2-6-18-42/h1-33H. The number of hydrogen-bond acceptors (Lipinski definition) is 5. The molecular weight excluding hydrogens is 711 g/mol. The van der Waals surface area contributed by atoms with E-state index in [1.165, 1.54) is 0 Å². The molecule has 58 heavy (non-hydrogen) atoms. The predicted octanol–water partition coefficient (Wildman–Crippen LogP) is 12.0. The number of nitrogens with zero attached hydrogens (tertiary/aromatic N) is 7. The highest BCUT2D eigenvalue weighted by molar-refractivity contribution is 5.88. The van der Waals surface area contributed by atoms with E-state index in [1.54, 1.807) is 0 Å². The molecule has 0 saturated carbocycles. The van der Waals surface area contributed by atoms with Crippen molar-refractivity contribution in [3.63, 3.8) is 0 Å². The summed E-state index contributed by atoms with van der Waals surface area (Å²) in [6, 6.07) is 68.6. The number of hydrogen-bond donors (Lipinski definition) is 0. The molecule has 0 aliphatic rings. The molecule has 0 spiro atoms. The van der Waals surface area contributed by atoms with Crippen molar-refractivity contribution in [2.75, 3.05) is 0 Å². The normalized spacial score (nSPS) is 11.4. The van der Waals surface area contributed by atoms with Gasteiger partial charge in [0.05, 0.1) is 22.1 Å². The van der Waals surface area contributed by atoms with E-state index < -0.39 is 0 Å². The zero-order valence-electron chi connectivity index (χ0n) is 31.2. The smallest absolute Gasteiger partial charge is 0.164 e. The van der Waals surface area contributed by atoms with Crippen molar-refractivity contribution in [2.45, 2.75) is 0 Å². The Morgan fingerprint density at radius 2 is 0.655 bits per heavy atom. The van der Waals surface area contributed by atoms with Crippen LogP contribution in [0, 0.1) is 0 Å². The molecule has 0 bridgehead atoms. The van der Waals surface area contributed by atoms with E-state index in [0.717, 1.165) is 83.7 Å². The first-order chi connectivity index (χ1) is 28.7. The van der Waals surface area contributed by atoms with Gasteiger partial charge in [-0.3, -0.25) is 9.13 Å². The quantitative estimate of drug-likeness (QED) is 0.162. The SMILES string of the molecule is c1ccc(-n2c(-c3ccc(-c4nc(-c5ccc(-c6nc7ccccc7n6-c6ccccc6)cc5)nc(-c5ccc6ccccc6c5)n4)cc3)nc3ccccc32)cc1. The summed E-state index contributed by atoms with van der Waals surface area (Å²) in [7, 11) is 0. The van der Waals surface area contributed by atoms with Gasteiger partial charge in [-0.25, -0.2) is 24.9 Å². The summed E-state index contributed by atoms with van der Waals surface area (Å²) in [6.07, 6.45) is 0. The van der Waals surface area contributed by atoms with E-state index in [9.17, 15) is 0 Å². The molecular formula is C51H33N7. The zero-order chi connectivity index (χ0) is 38.4. The van der Waals surface area contributed by atoms with Crippen LogP contribution in [0.25, 0.3) is 101 Å². The molecule has 0 saturated heterocycles. The average Bonchev–Trinajstić information content (AvgIpc) is 3.89. The maximum Gasteiger partial charge on any atom is 0.164 e. The monoisotopic (exact) mass is 743 g/mol. The highest BCUT2D eigenvalue weighted by atomic mass is 15.1. The van der Waals surface area contributed by atoms with Crippen molar-refractivity contribution in [1.29, 1.82) is 0 Å². The van der Waals surface area contributed by atoms with E-state index in [2.05, 4.69) is 185 Å². The van der Waals surface area contributed by atoms with Gasteiger partial charge < -0.3 is 0 Å². The lowest BCUT2D eigenvalue weighted by Crippen LogP contribution is -2.01. The van der Waals surface area contributed by atoms with Crippen LogP contribution in [-0.4, -0.2) is 34.1 Å². The third-order valence-electron chi connectivity index (χ3n) is 10.6. The van der Waals surface area contributed by atoms with E-state index >= 15 is 0 Å². The number of rotatable bonds is 7. The maximum atomic E-state index is 5.10. The summed E-state index contributed by atoms with van der Waals surface area (Å²) in [5.74, 6) is 3.52. The number of imidazole rings is 2. The van der Waals surface area contributed by atoms with Crippen molar-refractivity contribution >= 4 is 32.8 Å². The fourth-order valence-electron chi connectivity index (χ4n) is 7.74. The molecule has 0 unspecified atom stereocenters. The van der Waals surface area contributed by atoms with Crippen LogP contribution in [-0.2, 0) is 0 Å². The van der Waals surface area contributed by atoms with E-state index in [4.69, 9.17) is 24.9 Å². The molecule has 8 aromatic carbocycles. The van der Waals surface area contributed by atoms with E-state index in [0.29, 0.717) is 17.5 Å². The molecule has 7 heteroatoms. The fraction of sp³-hybridized carbons (Fsp3) is 0. The molecule has 0 fully saturated rings. The van der Waals surface area contributed by atoms with Crippen molar-refractivity contribution in [1.82, 2.24) is 34.1 Å². The second-order valence-corrected chi connectivity index (χ2v) is 14.2. The lowest BCUT2D eigenvalue weighted by Gasteiger charge is -2.12. The van der Waals surface area contributed by atoms with Gasteiger partial charge in [-0.2, -0.15) is 0 Å². The highest BCUT2D eigenvalue weighted by Crippen LogP contribution is 2.33. The van der Waals surface area contributed by atoms with Gasteiger partial charge in [-0.05, 0) is 65.4 Å². The first kappa shape index (κ1) is 33.3.